The number of para-hydroxylation sites is 1. The quantitative estimate of drug-likeness (QED) is 0.805. The molecule has 0 unspecified atom stereocenters. The second-order valence-electron chi connectivity index (χ2n) is 6.99. The number of benzene rings is 1. The molecule has 134 valence electrons. The Hall–Kier alpha value is -1.75. The van der Waals surface area contributed by atoms with Crippen LogP contribution in [0.5, 0.6) is 11.5 Å². The lowest BCUT2D eigenvalue weighted by Crippen LogP contribution is -2.40. The Kier molecular flexibility index (Phi) is 6.91. The molecule has 0 aliphatic carbocycles. The van der Waals surface area contributed by atoms with Gasteiger partial charge in [-0.25, -0.2) is 0 Å². The van der Waals surface area contributed by atoms with Crippen molar-refractivity contribution in [1.82, 2.24) is 10.2 Å². The zero-order valence-electron chi connectivity index (χ0n) is 15.0. The van der Waals surface area contributed by atoms with Crippen LogP contribution >= 0.6 is 0 Å². The number of phenols is 1. The fraction of sp³-hybridized carbons (Fsp3) is 0.632. The largest absolute Gasteiger partial charge is 0.504 e. The van der Waals surface area contributed by atoms with Crippen LogP contribution < -0.4 is 10.1 Å². The number of phenolic OH excluding ortho intramolecular Hbond substituents is 1. The summed E-state index contributed by atoms with van der Waals surface area (Å²) in [6.45, 7) is 7.54. The number of amides is 1. The van der Waals surface area contributed by atoms with E-state index in [1.54, 1.807) is 13.2 Å². The highest BCUT2D eigenvalue weighted by Crippen LogP contribution is 2.31. The molecule has 2 N–H and O–H groups in total. The lowest BCUT2D eigenvalue weighted by atomic mass is 9.95. The summed E-state index contributed by atoms with van der Waals surface area (Å²) in [5.41, 5.74) is 0.870. The van der Waals surface area contributed by atoms with Gasteiger partial charge in [0.2, 0.25) is 5.91 Å². The van der Waals surface area contributed by atoms with Crippen molar-refractivity contribution in [3.05, 3.63) is 23.8 Å². The Labute approximate surface area is 145 Å². The predicted molar refractivity (Wildman–Crippen MR) is 95.1 cm³/mol. The van der Waals surface area contributed by atoms with Crippen molar-refractivity contribution in [3.8, 4) is 11.5 Å². The minimum Gasteiger partial charge on any atom is -0.504 e. The van der Waals surface area contributed by atoms with Crippen LogP contribution in [0.1, 0.15) is 38.7 Å². The Bertz CT molecular complexity index is 537. The maximum atomic E-state index is 12.2. The molecule has 1 saturated heterocycles. The highest BCUT2D eigenvalue weighted by Gasteiger charge is 2.25. The van der Waals surface area contributed by atoms with Gasteiger partial charge in [0.15, 0.2) is 11.5 Å². The Balaban J connectivity index is 1.80. The number of aromatic hydroxyl groups is 1. The number of ether oxygens (including phenoxy) is 1. The van der Waals surface area contributed by atoms with Crippen molar-refractivity contribution in [2.24, 2.45) is 11.8 Å². The van der Waals surface area contributed by atoms with Gasteiger partial charge in [-0.3, -0.25) is 9.69 Å². The third kappa shape index (κ3) is 5.13. The van der Waals surface area contributed by atoms with E-state index < -0.39 is 0 Å². The van der Waals surface area contributed by atoms with Crippen LogP contribution in [0.15, 0.2) is 18.2 Å². The molecule has 0 radical (unpaired) electrons. The molecular weight excluding hydrogens is 304 g/mol. The van der Waals surface area contributed by atoms with Crippen LogP contribution in [0.2, 0.25) is 0 Å². The number of hydrogen-bond donors (Lipinski definition) is 2. The zero-order chi connectivity index (χ0) is 17.5. The van der Waals surface area contributed by atoms with Crippen molar-refractivity contribution in [3.63, 3.8) is 0 Å². The van der Waals surface area contributed by atoms with E-state index in [1.165, 1.54) is 0 Å². The number of nitrogens with zero attached hydrogens (tertiary/aromatic N) is 1. The number of hydrogen-bond acceptors (Lipinski definition) is 4. The number of carbonyl (C=O) groups is 1. The van der Waals surface area contributed by atoms with Crippen LogP contribution in [0.3, 0.4) is 0 Å². The van der Waals surface area contributed by atoms with Crippen LogP contribution in [0, 0.1) is 11.8 Å². The van der Waals surface area contributed by atoms with Crippen molar-refractivity contribution in [1.29, 1.82) is 0 Å². The number of carbonyl (C=O) groups excluding carboxylic acids is 1. The summed E-state index contributed by atoms with van der Waals surface area (Å²) in [7, 11) is 1.56. The van der Waals surface area contributed by atoms with Gasteiger partial charge in [-0.15, -0.1) is 0 Å². The summed E-state index contributed by atoms with van der Waals surface area (Å²) in [5.74, 6) is 1.65. The van der Waals surface area contributed by atoms with E-state index in [4.69, 9.17) is 4.74 Å². The normalized spacial score (nSPS) is 16.3. The molecule has 1 aliphatic rings. The highest BCUT2D eigenvalue weighted by atomic mass is 16.5. The topological polar surface area (TPSA) is 61.8 Å². The molecule has 0 bridgehead atoms. The first kappa shape index (κ1) is 18.6. The van der Waals surface area contributed by atoms with Gasteiger partial charge in [0.1, 0.15) is 0 Å². The van der Waals surface area contributed by atoms with E-state index in [1.807, 2.05) is 12.1 Å². The standard InChI is InChI=1S/C19H30N2O3/c1-14(2)7-10-20-19(23)15-8-11-21(12-9-15)13-16-5-4-6-17(24-3)18(16)22/h4-6,14-15,22H,7-13H2,1-3H3,(H,20,23). The summed E-state index contributed by atoms with van der Waals surface area (Å²) in [5, 5.41) is 13.2. The second-order valence-corrected chi connectivity index (χ2v) is 6.99. The predicted octanol–water partition coefficient (Wildman–Crippen LogP) is 2.78. The van der Waals surface area contributed by atoms with Crippen molar-refractivity contribution in [2.75, 3.05) is 26.7 Å². The summed E-state index contributed by atoms with van der Waals surface area (Å²) >= 11 is 0. The van der Waals surface area contributed by atoms with Crippen molar-refractivity contribution in [2.45, 2.75) is 39.7 Å². The molecule has 1 fully saturated rings. The monoisotopic (exact) mass is 334 g/mol. The van der Waals surface area contributed by atoms with Crippen molar-refractivity contribution < 1.29 is 14.6 Å². The minimum absolute atomic E-state index is 0.118. The molecule has 1 amide bonds. The average molecular weight is 334 g/mol. The first-order valence-electron chi connectivity index (χ1n) is 8.86. The molecule has 0 spiro atoms. The maximum absolute atomic E-state index is 12.2. The van der Waals surface area contributed by atoms with Gasteiger partial charge >= 0.3 is 0 Å². The highest BCUT2D eigenvalue weighted by molar-refractivity contribution is 5.78. The maximum Gasteiger partial charge on any atom is 0.223 e. The summed E-state index contributed by atoms with van der Waals surface area (Å²) in [4.78, 5) is 14.5. The Morgan fingerprint density at radius 3 is 2.71 bits per heavy atom. The zero-order valence-corrected chi connectivity index (χ0v) is 15.0. The van der Waals surface area contributed by atoms with Gasteiger partial charge < -0.3 is 15.2 Å². The van der Waals surface area contributed by atoms with Crippen LogP contribution in [-0.4, -0.2) is 42.7 Å². The second kappa shape index (κ2) is 8.92. The van der Waals surface area contributed by atoms with E-state index in [9.17, 15) is 9.90 Å². The molecule has 1 aliphatic heterocycles. The van der Waals surface area contributed by atoms with Gasteiger partial charge in [0.05, 0.1) is 7.11 Å². The van der Waals surface area contributed by atoms with Crippen LogP contribution in [0.25, 0.3) is 0 Å². The molecule has 0 atom stereocenters. The fourth-order valence-corrected chi connectivity index (χ4v) is 3.08. The number of nitrogens with one attached hydrogen (secondary N) is 1. The van der Waals surface area contributed by atoms with E-state index in [0.29, 0.717) is 18.2 Å². The molecule has 2 rings (SSSR count). The lowest BCUT2D eigenvalue weighted by Gasteiger charge is -2.31. The van der Waals surface area contributed by atoms with E-state index in [-0.39, 0.29) is 17.6 Å². The van der Waals surface area contributed by atoms with Crippen LogP contribution in [-0.2, 0) is 11.3 Å². The Morgan fingerprint density at radius 1 is 1.38 bits per heavy atom. The number of rotatable bonds is 7. The van der Waals surface area contributed by atoms with Crippen LogP contribution in [0.4, 0.5) is 0 Å². The van der Waals surface area contributed by atoms with E-state index in [0.717, 1.165) is 44.5 Å². The van der Waals surface area contributed by atoms with Gasteiger partial charge in [-0.05, 0) is 44.3 Å². The van der Waals surface area contributed by atoms with E-state index in [2.05, 4.69) is 24.1 Å². The first-order chi connectivity index (χ1) is 11.5. The number of likely N-dealkylation sites (tertiary alicyclic amines) is 1. The molecule has 0 aromatic heterocycles. The van der Waals surface area contributed by atoms with E-state index >= 15 is 0 Å². The summed E-state index contributed by atoms with van der Waals surface area (Å²) < 4.78 is 5.16. The molecule has 1 aromatic rings. The SMILES string of the molecule is COc1cccc(CN2CCC(C(=O)NCCC(C)C)CC2)c1O. The third-order valence-corrected chi connectivity index (χ3v) is 4.68. The average Bonchev–Trinajstić information content (AvgIpc) is 2.57. The first-order valence-corrected chi connectivity index (χ1v) is 8.86. The molecule has 5 nitrogen and oxygen atoms in total. The summed E-state index contributed by atoms with van der Waals surface area (Å²) in [6.07, 6.45) is 2.77. The Morgan fingerprint density at radius 2 is 2.08 bits per heavy atom. The smallest absolute Gasteiger partial charge is 0.223 e. The van der Waals surface area contributed by atoms with Gasteiger partial charge in [-0.1, -0.05) is 26.0 Å². The van der Waals surface area contributed by atoms with Crippen molar-refractivity contribution >= 4 is 5.91 Å². The van der Waals surface area contributed by atoms with Gasteiger partial charge in [0, 0.05) is 24.6 Å². The minimum atomic E-state index is 0.118. The molecule has 1 heterocycles. The molecule has 5 heteroatoms. The van der Waals surface area contributed by atoms with Gasteiger partial charge in [-0.2, -0.15) is 0 Å². The number of methoxy groups -OCH3 is 1. The fourth-order valence-electron chi connectivity index (χ4n) is 3.08. The molecule has 24 heavy (non-hydrogen) atoms. The summed E-state index contributed by atoms with van der Waals surface area (Å²) in [6, 6.07) is 5.57. The molecule has 0 saturated carbocycles. The third-order valence-electron chi connectivity index (χ3n) is 4.68. The van der Waals surface area contributed by atoms with Gasteiger partial charge in [0.25, 0.3) is 0 Å². The molecule has 1 aromatic carbocycles. The number of piperidine rings is 1. The lowest BCUT2D eigenvalue weighted by molar-refractivity contribution is -0.126. The molecular formula is C19H30N2O3.